The van der Waals surface area contributed by atoms with E-state index in [1.807, 2.05) is 59.5 Å². The molecule has 4 aromatic rings. The van der Waals surface area contributed by atoms with E-state index in [9.17, 15) is 14.7 Å². The van der Waals surface area contributed by atoms with E-state index < -0.39 is 5.91 Å². The van der Waals surface area contributed by atoms with Crippen molar-refractivity contribution < 1.29 is 14.7 Å². The number of fused-ring (bicyclic) bond motifs is 1. The van der Waals surface area contributed by atoms with E-state index in [1.165, 1.54) is 5.56 Å². The van der Waals surface area contributed by atoms with Crippen LogP contribution in [0.15, 0.2) is 89.1 Å². The quantitative estimate of drug-likeness (QED) is 0.360. The number of aromatic hydroxyl groups is 1. The Balaban J connectivity index is 1.30. The van der Waals surface area contributed by atoms with Gasteiger partial charge in [0, 0.05) is 24.5 Å². The summed E-state index contributed by atoms with van der Waals surface area (Å²) in [4.78, 5) is 27.1. The number of rotatable bonds is 6. The van der Waals surface area contributed by atoms with Crippen LogP contribution in [0.5, 0.6) is 5.88 Å². The van der Waals surface area contributed by atoms with Crippen LogP contribution >= 0.6 is 11.8 Å². The molecular weight excluding hydrogens is 460 g/mol. The van der Waals surface area contributed by atoms with Crippen molar-refractivity contribution >= 4 is 40.2 Å². The molecule has 1 aliphatic rings. The van der Waals surface area contributed by atoms with Crippen LogP contribution in [0.4, 0.5) is 5.69 Å². The second-order valence-electron chi connectivity index (χ2n) is 8.36. The Kier molecular flexibility index (Phi) is 6.37. The standard InChI is InChI=1S/C27H24N4O3S/c1-30-22-10-6-5-9-21(22)24(26(30)34)28-29-25(33)19-11-13-20(14-12-19)27-31(23(32)17-35-27)16-15-18-7-3-2-4-8-18/h2-14,27,34H,15-17H2,1H3/t27-/m0/s1. The van der Waals surface area contributed by atoms with E-state index >= 15 is 0 Å². The number of carbonyl (C=O) groups excluding carboxylic acids is 2. The number of para-hydroxylation sites is 1. The van der Waals surface area contributed by atoms with Gasteiger partial charge in [-0.2, -0.15) is 0 Å². The molecule has 1 aromatic heterocycles. The second kappa shape index (κ2) is 9.76. The lowest BCUT2D eigenvalue weighted by Crippen LogP contribution is -2.30. The highest BCUT2D eigenvalue weighted by molar-refractivity contribution is 8.00. The summed E-state index contributed by atoms with van der Waals surface area (Å²) >= 11 is 1.59. The molecule has 1 atom stereocenters. The van der Waals surface area contributed by atoms with Crippen LogP contribution in [0.3, 0.4) is 0 Å². The molecular formula is C27H24N4O3S. The molecule has 0 bridgehead atoms. The van der Waals surface area contributed by atoms with Gasteiger partial charge in [0.05, 0.1) is 11.3 Å². The number of aromatic nitrogens is 1. The number of hydrogen-bond donors (Lipinski definition) is 1. The molecule has 1 saturated heterocycles. The Morgan fingerprint density at radius 2 is 1.74 bits per heavy atom. The number of carbonyl (C=O) groups is 2. The van der Waals surface area contributed by atoms with Gasteiger partial charge in [-0.25, -0.2) is 0 Å². The van der Waals surface area contributed by atoms with Gasteiger partial charge in [0.15, 0.2) is 5.69 Å². The van der Waals surface area contributed by atoms with E-state index in [4.69, 9.17) is 0 Å². The monoisotopic (exact) mass is 484 g/mol. The number of benzene rings is 3. The predicted molar refractivity (Wildman–Crippen MR) is 137 cm³/mol. The van der Waals surface area contributed by atoms with E-state index in [0.29, 0.717) is 17.9 Å². The van der Waals surface area contributed by atoms with Gasteiger partial charge in [0.1, 0.15) is 5.37 Å². The molecule has 5 rings (SSSR count). The normalized spacial score (nSPS) is 16.0. The lowest BCUT2D eigenvalue weighted by molar-refractivity contribution is -0.128. The molecule has 2 amide bonds. The molecule has 0 spiro atoms. The van der Waals surface area contributed by atoms with Crippen molar-refractivity contribution in [3.05, 3.63) is 95.6 Å². The van der Waals surface area contributed by atoms with Gasteiger partial charge in [-0.3, -0.25) is 9.59 Å². The predicted octanol–water partition coefficient (Wildman–Crippen LogP) is 5.62. The Bertz CT molecular complexity index is 1410. The lowest BCUT2D eigenvalue weighted by atomic mass is 10.1. The van der Waals surface area contributed by atoms with Gasteiger partial charge in [-0.15, -0.1) is 22.0 Å². The van der Waals surface area contributed by atoms with E-state index in [2.05, 4.69) is 22.4 Å². The molecule has 35 heavy (non-hydrogen) atoms. The van der Waals surface area contributed by atoms with Crippen molar-refractivity contribution in [3.8, 4) is 5.88 Å². The maximum absolute atomic E-state index is 12.7. The van der Waals surface area contributed by atoms with Crippen LogP contribution < -0.4 is 0 Å². The summed E-state index contributed by atoms with van der Waals surface area (Å²) in [7, 11) is 1.73. The molecule has 3 aromatic carbocycles. The molecule has 0 saturated carbocycles. The molecule has 2 heterocycles. The molecule has 1 aliphatic heterocycles. The van der Waals surface area contributed by atoms with Crippen LogP contribution in [0.2, 0.25) is 0 Å². The van der Waals surface area contributed by atoms with Crippen LogP contribution in [0, 0.1) is 0 Å². The smallest absolute Gasteiger partial charge is 0.295 e. The van der Waals surface area contributed by atoms with Gasteiger partial charge in [0.2, 0.25) is 11.8 Å². The minimum absolute atomic E-state index is 0.0448. The fourth-order valence-electron chi connectivity index (χ4n) is 4.27. The zero-order valence-corrected chi connectivity index (χ0v) is 20.0. The van der Waals surface area contributed by atoms with Gasteiger partial charge in [0.25, 0.3) is 5.91 Å². The van der Waals surface area contributed by atoms with Crippen molar-refractivity contribution in [3.63, 3.8) is 0 Å². The first-order valence-electron chi connectivity index (χ1n) is 11.3. The Morgan fingerprint density at radius 3 is 2.51 bits per heavy atom. The molecule has 176 valence electrons. The third-order valence-electron chi connectivity index (χ3n) is 6.19. The first kappa shape index (κ1) is 22.9. The summed E-state index contributed by atoms with van der Waals surface area (Å²) in [6, 6.07) is 24.7. The third-order valence-corrected chi connectivity index (χ3v) is 7.44. The van der Waals surface area contributed by atoms with Crippen LogP contribution in [0.1, 0.15) is 26.9 Å². The maximum atomic E-state index is 12.7. The third kappa shape index (κ3) is 4.57. The average molecular weight is 485 g/mol. The maximum Gasteiger partial charge on any atom is 0.295 e. The largest absolute Gasteiger partial charge is 0.493 e. The zero-order chi connectivity index (χ0) is 24.4. The first-order valence-corrected chi connectivity index (χ1v) is 12.3. The van der Waals surface area contributed by atoms with Crippen molar-refractivity contribution in [1.29, 1.82) is 0 Å². The van der Waals surface area contributed by atoms with Gasteiger partial charge in [-0.05, 0) is 35.7 Å². The van der Waals surface area contributed by atoms with Crippen LogP contribution in [0.25, 0.3) is 10.9 Å². The topological polar surface area (TPSA) is 87.3 Å². The molecule has 7 nitrogen and oxygen atoms in total. The molecule has 0 unspecified atom stereocenters. The van der Waals surface area contributed by atoms with Crippen molar-refractivity contribution in [2.45, 2.75) is 11.8 Å². The van der Waals surface area contributed by atoms with Gasteiger partial charge >= 0.3 is 0 Å². The number of azo groups is 1. The van der Waals surface area contributed by atoms with Crippen molar-refractivity contribution in [2.75, 3.05) is 12.3 Å². The summed E-state index contributed by atoms with van der Waals surface area (Å²) in [6.45, 7) is 0.643. The number of aryl methyl sites for hydroxylation is 1. The highest BCUT2D eigenvalue weighted by atomic mass is 32.2. The Labute approximate surface area is 207 Å². The summed E-state index contributed by atoms with van der Waals surface area (Å²) < 4.78 is 1.60. The van der Waals surface area contributed by atoms with Crippen LogP contribution in [-0.4, -0.2) is 38.7 Å². The molecule has 1 fully saturated rings. The van der Waals surface area contributed by atoms with E-state index in [0.717, 1.165) is 22.9 Å². The van der Waals surface area contributed by atoms with Gasteiger partial charge in [-0.1, -0.05) is 60.7 Å². The second-order valence-corrected chi connectivity index (χ2v) is 9.43. The highest BCUT2D eigenvalue weighted by Crippen LogP contribution is 2.39. The highest BCUT2D eigenvalue weighted by Gasteiger charge is 2.32. The summed E-state index contributed by atoms with van der Waals surface area (Å²) in [5, 5.41) is 18.9. The minimum atomic E-state index is -0.500. The van der Waals surface area contributed by atoms with Crippen molar-refractivity contribution in [1.82, 2.24) is 9.47 Å². The zero-order valence-electron chi connectivity index (χ0n) is 19.2. The number of thioether (sulfide) groups is 1. The fourth-order valence-corrected chi connectivity index (χ4v) is 5.49. The summed E-state index contributed by atoms with van der Waals surface area (Å²) in [5.41, 5.74) is 3.62. The lowest BCUT2D eigenvalue weighted by Gasteiger charge is -2.24. The van der Waals surface area contributed by atoms with E-state index in [-0.39, 0.29) is 22.8 Å². The minimum Gasteiger partial charge on any atom is -0.493 e. The van der Waals surface area contributed by atoms with Crippen molar-refractivity contribution in [2.24, 2.45) is 17.3 Å². The van der Waals surface area contributed by atoms with Gasteiger partial charge < -0.3 is 14.6 Å². The van der Waals surface area contributed by atoms with E-state index in [1.54, 1.807) is 35.5 Å². The Morgan fingerprint density at radius 1 is 1.03 bits per heavy atom. The number of hydrogen-bond acceptors (Lipinski definition) is 5. The molecule has 0 radical (unpaired) electrons. The van der Waals surface area contributed by atoms with Crippen LogP contribution in [-0.2, 0) is 18.3 Å². The molecule has 0 aliphatic carbocycles. The average Bonchev–Trinajstić information content (AvgIpc) is 3.38. The molecule has 1 N–H and O–H groups in total. The SMILES string of the molecule is Cn1c(O)c(N=NC(=O)c2ccc([C@@H]3SCC(=O)N3CCc3ccccc3)cc2)c2ccccc21. The summed E-state index contributed by atoms with van der Waals surface area (Å²) in [5.74, 6) is 0.0273. The first-order chi connectivity index (χ1) is 17.0. The molecule has 8 heteroatoms. The summed E-state index contributed by atoms with van der Waals surface area (Å²) in [6.07, 6.45) is 0.793. The number of nitrogens with zero attached hydrogens (tertiary/aromatic N) is 4. The Hall–Kier alpha value is -3.91. The fraction of sp³-hybridized carbons (Fsp3) is 0.185. The number of amides is 2.